The molecule has 10 heteroatoms. The number of benzene rings is 2. The highest BCUT2D eigenvalue weighted by Crippen LogP contribution is 2.52. The lowest BCUT2D eigenvalue weighted by Crippen LogP contribution is -2.55. The smallest absolute Gasteiger partial charge is 0.475 e. The summed E-state index contributed by atoms with van der Waals surface area (Å²) in [7, 11) is 0. The van der Waals surface area contributed by atoms with Crippen LogP contribution in [-0.4, -0.2) is 40.6 Å². The van der Waals surface area contributed by atoms with Gasteiger partial charge in [-0.05, 0) is 68.1 Å². The van der Waals surface area contributed by atoms with Crippen LogP contribution in [0.5, 0.6) is 0 Å². The van der Waals surface area contributed by atoms with Crippen LogP contribution < -0.4 is 5.73 Å². The van der Waals surface area contributed by atoms with Crippen molar-refractivity contribution in [3.05, 3.63) is 82.4 Å². The van der Waals surface area contributed by atoms with E-state index in [0.29, 0.717) is 23.0 Å². The van der Waals surface area contributed by atoms with Gasteiger partial charge < -0.3 is 15.7 Å². The van der Waals surface area contributed by atoms with Crippen LogP contribution in [0.1, 0.15) is 56.2 Å². The lowest BCUT2D eigenvalue weighted by atomic mass is 9.67. The Bertz CT molecular complexity index is 1100. The number of carbonyl (C=O) groups excluding carboxylic acids is 1. The fourth-order valence-electron chi connectivity index (χ4n) is 4.75. The molecule has 3 N–H and O–H groups in total. The van der Waals surface area contributed by atoms with E-state index in [-0.39, 0.29) is 23.9 Å². The standard InChI is InChI=1S/C25H30Cl2N2O.C2HF3O2/c1-4-13-25(3)16-22(19-6-5-7-21(27)15-19)23(18-8-10-20(26)11-9-18)29(24(25)30)17(2)12-14-28;3-2(4,5)1(6)7/h4-11,15,17,22-23H,1,12-14,16,28H2,2-3H3;(H,6,7)/t17-,22+,23+,25-;/m0./s1. The summed E-state index contributed by atoms with van der Waals surface area (Å²) >= 11 is 12.5. The first kappa shape index (κ1) is 30.7. The number of hydrogen-bond acceptors (Lipinski definition) is 3. The summed E-state index contributed by atoms with van der Waals surface area (Å²) in [6.45, 7) is 8.58. The first-order chi connectivity index (χ1) is 17.2. The van der Waals surface area contributed by atoms with E-state index < -0.39 is 17.6 Å². The summed E-state index contributed by atoms with van der Waals surface area (Å²) in [5.41, 5.74) is 7.57. The minimum atomic E-state index is -5.08. The Labute approximate surface area is 225 Å². The van der Waals surface area contributed by atoms with Crippen LogP contribution in [-0.2, 0) is 9.59 Å². The summed E-state index contributed by atoms with van der Waals surface area (Å²) < 4.78 is 31.7. The van der Waals surface area contributed by atoms with Crippen molar-refractivity contribution in [3.8, 4) is 0 Å². The van der Waals surface area contributed by atoms with Crippen molar-refractivity contribution in [2.45, 2.75) is 57.3 Å². The van der Waals surface area contributed by atoms with Gasteiger partial charge in [-0.1, -0.05) is 60.5 Å². The van der Waals surface area contributed by atoms with Gasteiger partial charge in [-0.3, -0.25) is 4.79 Å². The molecule has 2 aromatic rings. The molecule has 1 amide bonds. The highest BCUT2D eigenvalue weighted by atomic mass is 35.5. The molecule has 1 heterocycles. The van der Waals surface area contributed by atoms with Crippen molar-refractivity contribution in [2.75, 3.05) is 6.54 Å². The predicted octanol–water partition coefficient (Wildman–Crippen LogP) is 7.00. The number of carbonyl (C=O) groups is 2. The molecule has 5 nitrogen and oxygen atoms in total. The number of amides is 1. The minimum absolute atomic E-state index is 0.00861. The van der Waals surface area contributed by atoms with E-state index in [9.17, 15) is 18.0 Å². The van der Waals surface area contributed by atoms with Crippen LogP contribution in [0.25, 0.3) is 0 Å². The quantitative estimate of drug-likeness (QED) is 0.358. The molecule has 3 rings (SSSR count). The Hall–Kier alpha value is -2.55. The third kappa shape index (κ3) is 7.72. The van der Waals surface area contributed by atoms with Gasteiger partial charge in [-0.2, -0.15) is 13.2 Å². The van der Waals surface area contributed by atoms with Gasteiger partial charge in [-0.25, -0.2) is 4.79 Å². The number of carboxylic acid groups (broad SMARTS) is 1. The molecular formula is C27H31Cl2F3N2O3. The van der Waals surface area contributed by atoms with Crippen LogP contribution in [0.4, 0.5) is 13.2 Å². The van der Waals surface area contributed by atoms with Gasteiger partial charge in [0, 0.05) is 22.0 Å². The molecule has 0 radical (unpaired) electrons. The number of halogens is 5. The SMILES string of the molecule is C=CC[C@@]1(C)C[C@H](c2cccc(Cl)c2)[C@@H](c2ccc(Cl)cc2)N([C@@H](C)CCN)C1=O.O=C(O)C(F)(F)F. The maximum absolute atomic E-state index is 13.8. The lowest BCUT2D eigenvalue weighted by molar-refractivity contribution is -0.192. The number of carboxylic acids is 1. The topological polar surface area (TPSA) is 83.6 Å². The van der Waals surface area contributed by atoms with E-state index in [1.165, 1.54) is 0 Å². The summed E-state index contributed by atoms with van der Waals surface area (Å²) in [6.07, 6.45) is -1.15. The molecule has 0 aromatic heterocycles. The molecule has 1 saturated heterocycles. The monoisotopic (exact) mass is 558 g/mol. The maximum atomic E-state index is 13.8. The van der Waals surface area contributed by atoms with Gasteiger partial charge in [0.05, 0.1) is 11.5 Å². The number of nitrogens with zero attached hydrogens (tertiary/aromatic N) is 1. The van der Waals surface area contributed by atoms with E-state index in [4.69, 9.17) is 38.8 Å². The largest absolute Gasteiger partial charge is 0.490 e. The summed E-state index contributed by atoms with van der Waals surface area (Å²) in [6, 6.07) is 15.7. The second kappa shape index (κ2) is 12.8. The number of likely N-dealkylation sites (tertiary alicyclic amines) is 1. The normalized spacial score (nSPS) is 22.6. The molecule has 1 aliphatic heterocycles. The van der Waals surface area contributed by atoms with Crippen molar-refractivity contribution in [3.63, 3.8) is 0 Å². The van der Waals surface area contributed by atoms with Gasteiger partial charge >= 0.3 is 12.1 Å². The predicted molar refractivity (Wildman–Crippen MR) is 140 cm³/mol. The van der Waals surface area contributed by atoms with E-state index in [1.54, 1.807) is 0 Å². The Morgan fingerprint density at radius 3 is 2.30 bits per heavy atom. The molecule has 1 fully saturated rings. The van der Waals surface area contributed by atoms with Gasteiger partial charge in [0.15, 0.2) is 0 Å². The first-order valence-electron chi connectivity index (χ1n) is 11.7. The molecule has 4 atom stereocenters. The molecule has 37 heavy (non-hydrogen) atoms. The van der Waals surface area contributed by atoms with Crippen LogP contribution >= 0.6 is 23.2 Å². The third-order valence-electron chi connectivity index (χ3n) is 6.49. The minimum Gasteiger partial charge on any atom is -0.475 e. The summed E-state index contributed by atoms with van der Waals surface area (Å²) in [5, 5.41) is 8.50. The molecule has 0 saturated carbocycles. The molecule has 0 bridgehead atoms. The maximum Gasteiger partial charge on any atom is 0.490 e. The zero-order valence-electron chi connectivity index (χ0n) is 20.6. The molecular weight excluding hydrogens is 528 g/mol. The van der Waals surface area contributed by atoms with E-state index >= 15 is 0 Å². The molecule has 0 spiro atoms. The van der Waals surface area contributed by atoms with E-state index in [1.807, 2.05) is 48.5 Å². The summed E-state index contributed by atoms with van der Waals surface area (Å²) in [5.74, 6) is -2.51. The van der Waals surface area contributed by atoms with Crippen molar-refractivity contribution >= 4 is 35.1 Å². The number of aliphatic carboxylic acids is 1. The number of nitrogens with two attached hydrogens (primary N) is 1. The number of piperidine rings is 1. The van der Waals surface area contributed by atoms with Gasteiger partial charge in [-0.15, -0.1) is 6.58 Å². The fraction of sp³-hybridized carbons (Fsp3) is 0.407. The Balaban J connectivity index is 0.000000604. The van der Waals surface area contributed by atoms with Gasteiger partial charge in [0.2, 0.25) is 5.91 Å². The average Bonchev–Trinajstić information content (AvgIpc) is 2.81. The molecule has 0 aliphatic carbocycles. The van der Waals surface area contributed by atoms with Crippen LogP contribution in [0, 0.1) is 5.41 Å². The third-order valence-corrected chi connectivity index (χ3v) is 6.97. The van der Waals surface area contributed by atoms with Crippen molar-refractivity contribution < 1.29 is 27.9 Å². The molecule has 0 unspecified atom stereocenters. The summed E-state index contributed by atoms with van der Waals surface area (Å²) in [4.78, 5) is 24.8. The van der Waals surface area contributed by atoms with Crippen molar-refractivity contribution in [1.29, 1.82) is 0 Å². The zero-order chi connectivity index (χ0) is 28.0. The number of hydrogen-bond donors (Lipinski definition) is 2. The average molecular weight is 559 g/mol. The Morgan fingerprint density at radius 2 is 1.81 bits per heavy atom. The zero-order valence-corrected chi connectivity index (χ0v) is 22.2. The van der Waals surface area contributed by atoms with Crippen molar-refractivity contribution in [1.82, 2.24) is 4.90 Å². The lowest BCUT2D eigenvalue weighted by Gasteiger charge is -2.51. The number of rotatable bonds is 7. The highest BCUT2D eigenvalue weighted by molar-refractivity contribution is 6.30. The number of alkyl halides is 3. The molecule has 202 valence electrons. The van der Waals surface area contributed by atoms with Crippen LogP contribution in [0.15, 0.2) is 61.2 Å². The van der Waals surface area contributed by atoms with Crippen molar-refractivity contribution in [2.24, 2.45) is 11.1 Å². The fourth-order valence-corrected chi connectivity index (χ4v) is 5.07. The van der Waals surface area contributed by atoms with Crippen LogP contribution in [0.2, 0.25) is 10.0 Å². The Kier molecular flexibility index (Phi) is 10.6. The van der Waals surface area contributed by atoms with Gasteiger partial charge in [0.1, 0.15) is 0 Å². The Morgan fingerprint density at radius 1 is 1.22 bits per heavy atom. The van der Waals surface area contributed by atoms with Crippen LogP contribution in [0.3, 0.4) is 0 Å². The highest BCUT2D eigenvalue weighted by Gasteiger charge is 2.50. The first-order valence-corrected chi connectivity index (χ1v) is 12.5. The molecule has 1 aliphatic rings. The van der Waals surface area contributed by atoms with E-state index in [2.05, 4.69) is 31.4 Å². The second-order valence-corrected chi connectivity index (χ2v) is 10.2. The van der Waals surface area contributed by atoms with Gasteiger partial charge in [0.25, 0.3) is 0 Å². The number of allylic oxidation sites excluding steroid dienone is 1. The second-order valence-electron chi connectivity index (χ2n) is 9.36. The molecule has 2 aromatic carbocycles. The van der Waals surface area contributed by atoms with E-state index in [0.717, 1.165) is 24.0 Å².